The van der Waals surface area contributed by atoms with Gasteiger partial charge in [0.2, 0.25) is 5.91 Å². The number of fused-ring (bicyclic) bond motifs is 1. The van der Waals surface area contributed by atoms with E-state index in [4.69, 9.17) is 5.73 Å². The molecular weight excluding hydrogens is 233 g/mol. The van der Waals surface area contributed by atoms with Crippen molar-refractivity contribution in [2.75, 3.05) is 5.32 Å². The molecule has 0 spiro atoms. The normalized spacial score (nSPS) is 16.6. The summed E-state index contributed by atoms with van der Waals surface area (Å²) in [6, 6.07) is 6.02. The Bertz CT molecular complexity index is 637. The summed E-state index contributed by atoms with van der Waals surface area (Å²) in [4.78, 5) is 15.9. The zero-order valence-electron chi connectivity index (χ0n) is 9.61. The predicted octanol–water partition coefficient (Wildman–Crippen LogP) is 1.80. The third kappa shape index (κ3) is 1.93. The van der Waals surface area contributed by atoms with E-state index in [2.05, 4.69) is 10.3 Å². The number of hydrogen-bond donors (Lipinski definition) is 2. The minimum absolute atomic E-state index is 0.208. The number of halogens is 1. The van der Waals surface area contributed by atoms with Crippen LogP contribution in [-0.4, -0.2) is 16.4 Å². The molecule has 2 aromatic rings. The van der Waals surface area contributed by atoms with Crippen molar-refractivity contribution in [3.8, 4) is 0 Å². The molecule has 1 aromatic carbocycles. The fourth-order valence-electron chi connectivity index (χ4n) is 1.79. The topological polar surface area (TPSA) is 68.0 Å². The Labute approximate surface area is 103 Å². The van der Waals surface area contributed by atoms with Gasteiger partial charge in [-0.1, -0.05) is 0 Å². The van der Waals surface area contributed by atoms with E-state index in [1.54, 1.807) is 18.3 Å². The van der Waals surface area contributed by atoms with Crippen LogP contribution in [0.3, 0.4) is 0 Å². The first-order valence-corrected chi connectivity index (χ1v) is 5.72. The van der Waals surface area contributed by atoms with E-state index in [0.29, 0.717) is 29.4 Å². The Morgan fingerprint density at radius 2 is 2.17 bits per heavy atom. The molecular formula is C13H12FN3O. The Morgan fingerprint density at radius 3 is 2.89 bits per heavy atom. The summed E-state index contributed by atoms with van der Waals surface area (Å²) in [5.74, 6) is -0.537. The molecule has 0 unspecified atom stereocenters. The second kappa shape index (κ2) is 3.74. The molecule has 18 heavy (non-hydrogen) atoms. The third-order valence-corrected chi connectivity index (χ3v) is 3.14. The molecule has 1 fully saturated rings. The maximum atomic E-state index is 13.1. The van der Waals surface area contributed by atoms with Crippen LogP contribution in [0, 0.1) is 5.82 Å². The second-order valence-electron chi connectivity index (χ2n) is 4.67. The number of amides is 1. The summed E-state index contributed by atoms with van der Waals surface area (Å²) >= 11 is 0. The van der Waals surface area contributed by atoms with Gasteiger partial charge >= 0.3 is 0 Å². The molecule has 0 bridgehead atoms. The SMILES string of the molecule is NC1(C(=O)Nc2cnc3ccc(F)cc3c2)CC1. The molecule has 3 N–H and O–H groups in total. The Kier molecular flexibility index (Phi) is 2.31. The zero-order chi connectivity index (χ0) is 12.8. The van der Waals surface area contributed by atoms with Crippen LogP contribution in [0.25, 0.3) is 10.9 Å². The lowest BCUT2D eigenvalue weighted by atomic mass is 10.2. The number of pyridine rings is 1. The minimum Gasteiger partial charge on any atom is -0.323 e. The van der Waals surface area contributed by atoms with Crippen molar-refractivity contribution in [2.45, 2.75) is 18.4 Å². The van der Waals surface area contributed by atoms with E-state index >= 15 is 0 Å². The predicted molar refractivity (Wildman–Crippen MR) is 66.5 cm³/mol. The van der Waals surface area contributed by atoms with Gasteiger partial charge in [0.1, 0.15) is 5.82 Å². The van der Waals surface area contributed by atoms with Gasteiger partial charge in [0.05, 0.1) is 22.9 Å². The summed E-state index contributed by atoms with van der Waals surface area (Å²) in [5, 5.41) is 3.35. The summed E-state index contributed by atoms with van der Waals surface area (Å²) in [5.41, 5.74) is 6.28. The smallest absolute Gasteiger partial charge is 0.244 e. The number of anilines is 1. The average Bonchev–Trinajstić information content (AvgIpc) is 3.08. The zero-order valence-corrected chi connectivity index (χ0v) is 9.61. The van der Waals surface area contributed by atoms with E-state index in [0.717, 1.165) is 0 Å². The first kappa shape index (κ1) is 11.1. The largest absolute Gasteiger partial charge is 0.323 e. The number of nitrogens with zero attached hydrogens (tertiary/aromatic N) is 1. The molecule has 1 heterocycles. The molecule has 0 saturated heterocycles. The van der Waals surface area contributed by atoms with Crippen molar-refractivity contribution in [2.24, 2.45) is 5.73 Å². The third-order valence-electron chi connectivity index (χ3n) is 3.14. The molecule has 1 aliphatic carbocycles. The monoisotopic (exact) mass is 245 g/mol. The Balaban J connectivity index is 1.90. The fourth-order valence-corrected chi connectivity index (χ4v) is 1.79. The van der Waals surface area contributed by atoms with Crippen LogP contribution in [0.5, 0.6) is 0 Å². The van der Waals surface area contributed by atoms with E-state index in [-0.39, 0.29) is 11.7 Å². The molecule has 3 rings (SSSR count). The molecule has 92 valence electrons. The van der Waals surface area contributed by atoms with Crippen molar-refractivity contribution in [3.05, 3.63) is 36.3 Å². The molecule has 5 heteroatoms. The molecule has 0 atom stereocenters. The second-order valence-corrected chi connectivity index (χ2v) is 4.67. The molecule has 4 nitrogen and oxygen atoms in total. The van der Waals surface area contributed by atoms with E-state index in [1.807, 2.05) is 0 Å². The van der Waals surface area contributed by atoms with Crippen LogP contribution in [0.4, 0.5) is 10.1 Å². The number of benzene rings is 1. The van der Waals surface area contributed by atoms with Crippen LogP contribution >= 0.6 is 0 Å². The van der Waals surface area contributed by atoms with Crippen molar-refractivity contribution in [3.63, 3.8) is 0 Å². The number of carbonyl (C=O) groups is 1. The summed E-state index contributed by atoms with van der Waals surface area (Å²) in [6.07, 6.45) is 2.95. The summed E-state index contributed by atoms with van der Waals surface area (Å²) < 4.78 is 13.1. The molecule has 0 radical (unpaired) electrons. The van der Waals surface area contributed by atoms with Gasteiger partial charge in [0, 0.05) is 5.39 Å². The highest BCUT2D eigenvalue weighted by atomic mass is 19.1. The van der Waals surface area contributed by atoms with Crippen molar-refractivity contribution in [1.82, 2.24) is 4.98 Å². The quantitative estimate of drug-likeness (QED) is 0.847. The summed E-state index contributed by atoms with van der Waals surface area (Å²) in [6.45, 7) is 0. The van der Waals surface area contributed by atoms with Gasteiger partial charge in [-0.05, 0) is 37.1 Å². The van der Waals surface area contributed by atoms with Gasteiger partial charge in [-0.3, -0.25) is 9.78 Å². The molecule has 1 saturated carbocycles. The molecule has 1 aliphatic rings. The lowest BCUT2D eigenvalue weighted by Crippen LogP contribution is -2.37. The maximum absolute atomic E-state index is 13.1. The van der Waals surface area contributed by atoms with Crippen LogP contribution < -0.4 is 11.1 Å². The van der Waals surface area contributed by atoms with Gasteiger partial charge in [-0.2, -0.15) is 0 Å². The van der Waals surface area contributed by atoms with Crippen molar-refractivity contribution < 1.29 is 9.18 Å². The number of carbonyl (C=O) groups excluding carboxylic acids is 1. The van der Waals surface area contributed by atoms with Gasteiger partial charge in [0.25, 0.3) is 0 Å². The van der Waals surface area contributed by atoms with Gasteiger partial charge < -0.3 is 11.1 Å². The summed E-state index contributed by atoms with van der Waals surface area (Å²) in [7, 11) is 0. The van der Waals surface area contributed by atoms with Crippen LogP contribution in [-0.2, 0) is 4.79 Å². The number of rotatable bonds is 2. The lowest BCUT2D eigenvalue weighted by molar-refractivity contribution is -0.118. The molecule has 0 aliphatic heterocycles. The molecule has 1 aromatic heterocycles. The minimum atomic E-state index is -0.725. The average molecular weight is 245 g/mol. The highest BCUT2D eigenvalue weighted by Crippen LogP contribution is 2.33. The highest BCUT2D eigenvalue weighted by molar-refractivity contribution is 6.00. The maximum Gasteiger partial charge on any atom is 0.244 e. The molecule has 1 amide bonds. The lowest BCUT2D eigenvalue weighted by Gasteiger charge is -2.10. The van der Waals surface area contributed by atoms with Crippen LogP contribution in [0.2, 0.25) is 0 Å². The Hall–Kier alpha value is -2.01. The van der Waals surface area contributed by atoms with E-state index in [9.17, 15) is 9.18 Å². The van der Waals surface area contributed by atoms with E-state index in [1.165, 1.54) is 12.1 Å². The van der Waals surface area contributed by atoms with Gasteiger partial charge in [0.15, 0.2) is 0 Å². The Morgan fingerprint density at radius 1 is 1.39 bits per heavy atom. The van der Waals surface area contributed by atoms with Crippen LogP contribution in [0.15, 0.2) is 30.5 Å². The standard InChI is InChI=1S/C13H12FN3O/c14-9-1-2-11-8(5-9)6-10(7-16-11)17-12(18)13(15)3-4-13/h1-2,5-7H,3-4,15H2,(H,17,18). The number of aromatic nitrogens is 1. The van der Waals surface area contributed by atoms with Gasteiger partial charge in [-0.15, -0.1) is 0 Å². The number of nitrogens with two attached hydrogens (primary N) is 1. The van der Waals surface area contributed by atoms with Crippen molar-refractivity contribution in [1.29, 1.82) is 0 Å². The highest BCUT2D eigenvalue weighted by Gasteiger charge is 2.45. The van der Waals surface area contributed by atoms with Gasteiger partial charge in [-0.25, -0.2) is 4.39 Å². The van der Waals surface area contributed by atoms with Crippen molar-refractivity contribution >= 4 is 22.5 Å². The van der Waals surface area contributed by atoms with Crippen LogP contribution in [0.1, 0.15) is 12.8 Å². The fraction of sp³-hybridized carbons (Fsp3) is 0.231. The first-order valence-electron chi connectivity index (χ1n) is 5.72. The number of hydrogen-bond acceptors (Lipinski definition) is 3. The van der Waals surface area contributed by atoms with E-state index < -0.39 is 5.54 Å². The first-order chi connectivity index (χ1) is 8.57. The number of nitrogens with one attached hydrogen (secondary N) is 1.